The number of aliphatic hydroxyl groups excluding tert-OH is 2. The first-order valence-electron chi connectivity index (χ1n) is 3.38. The Balaban J connectivity index is 2.27. The van der Waals surface area contributed by atoms with Crippen LogP contribution < -0.4 is 0 Å². The summed E-state index contributed by atoms with van der Waals surface area (Å²) in [5.41, 5.74) is 0. The molecule has 0 aromatic rings. The first-order valence-corrected chi connectivity index (χ1v) is 3.38. The Morgan fingerprint density at radius 3 is 2.56 bits per heavy atom. The summed E-state index contributed by atoms with van der Waals surface area (Å²) in [4.78, 5) is 0. The van der Waals surface area contributed by atoms with Gasteiger partial charge in [0.1, 0.15) is 0 Å². The largest absolute Gasteiger partial charge is 0.396 e. The summed E-state index contributed by atoms with van der Waals surface area (Å²) in [5.74, 6) is 0.569. The minimum Gasteiger partial charge on any atom is -0.396 e. The van der Waals surface area contributed by atoms with E-state index >= 15 is 0 Å². The van der Waals surface area contributed by atoms with Crippen LogP contribution in [-0.4, -0.2) is 22.9 Å². The lowest BCUT2D eigenvalue weighted by Gasteiger charge is -2.36. The Morgan fingerprint density at radius 1 is 1.78 bits per heavy atom. The zero-order valence-electron chi connectivity index (χ0n) is 5.62. The summed E-state index contributed by atoms with van der Waals surface area (Å²) in [6, 6.07) is 0. The van der Waals surface area contributed by atoms with Crippen molar-refractivity contribution in [1.29, 1.82) is 0 Å². The van der Waals surface area contributed by atoms with E-state index in [9.17, 15) is 0 Å². The fourth-order valence-corrected chi connectivity index (χ4v) is 1.27. The molecule has 1 aliphatic carbocycles. The molecule has 3 atom stereocenters. The second kappa shape index (κ2) is 2.67. The molecule has 0 aromatic heterocycles. The maximum atomic E-state index is 9.03. The van der Waals surface area contributed by atoms with Crippen LogP contribution in [0.15, 0.2) is 0 Å². The van der Waals surface area contributed by atoms with E-state index in [2.05, 4.69) is 6.42 Å². The molecule has 0 saturated heterocycles. The molecule has 53 valence electrons. The third-order valence-electron chi connectivity index (χ3n) is 2.05. The van der Waals surface area contributed by atoms with Crippen molar-refractivity contribution in [3.63, 3.8) is 0 Å². The maximum Gasteiger partial charge on any atom is 0.0546 e. The summed E-state index contributed by atoms with van der Waals surface area (Å²) in [6.07, 6.45) is 2.74. The quantitative estimate of drug-likeness (QED) is 0.559. The molecule has 1 radical (unpaired) electrons. The predicted molar refractivity (Wildman–Crippen MR) is 34.7 cm³/mol. The highest BCUT2D eigenvalue weighted by Crippen LogP contribution is 2.34. The summed E-state index contributed by atoms with van der Waals surface area (Å²) in [5, 5.41) is 17.7. The van der Waals surface area contributed by atoms with Crippen LogP contribution in [0, 0.1) is 18.3 Å². The Hall–Kier alpha value is -0.0800. The molecule has 0 spiro atoms. The van der Waals surface area contributed by atoms with Gasteiger partial charge in [-0.15, -0.1) is 0 Å². The lowest BCUT2D eigenvalue weighted by molar-refractivity contribution is 0.0378. The van der Waals surface area contributed by atoms with Gasteiger partial charge in [-0.2, -0.15) is 0 Å². The lowest BCUT2D eigenvalue weighted by atomic mass is 9.71. The number of hydrogen-bond donors (Lipinski definition) is 2. The van der Waals surface area contributed by atoms with Gasteiger partial charge in [0.05, 0.1) is 6.10 Å². The minimum absolute atomic E-state index is 0.214. The summed E-state index contributed by atoms with van der Waals surface area (Å²) in [7, 11) is 0. The third kappa shape index (κ3) is 1.25. The van der Waals surface area contributed by atoms with Crippen molar-refractivity contribution >= 4 is 0 Å². The normalized spacial score (nSPS) is 37.7. The van der Waals surface area contributed by atoms with Crippen LogP contribution in [0.5, 0.6) is 0 Å². The Labute approximate surface area is 55.5 Å². The molecule has 2 heteroatoms. The van der Waals surface area contributed by atoms with Crippen LogP contribution in [0.4, 0.5) is 0 Å². The summed E-state index contributed by atoms with van der Waals surface area (Å²) >= 11 is 0. The average Bonchev–Trinajstić information content (AvgIpc) is 1.61. The highest BCUT2D eigenvalue weighted by molar-refractivity contribution is 4.97. The van der Waals surface area contributed by atoms with E-state index in [4.69, 9.17) is 10.2 Å². The molecule has 0 bridgehead atoms. The van der Waals surface area contributed by atoms with Crippen molar-refractivity contribution in [3.8, 4) is 0 Å². The molecule has 9 heavy (non-hydrogen) atoms. The van der Waals surface area contributed by atoms with Gasteiger partial charge in [-0.05, 0) is 31.6 Å². The zero-order valence-corrected chi connectivity index (χ0v) is 5.62. The maximum absolute atomic E-state index is 9.03. The lowest BCUT2D eigenvalue weighted by Crippen LogP contribution is -2.37. The second-order valence-electron chi connectivity index (χ2n) is 2.73. The highest BCUT2D eigenvalue weighted by atomic mass is 16.3. The average molecular weight is 129 g/mol. The monoisotopic (exact) mass is 129 g/mol. The molecule has 2 nitrogen and oxygen atoms in total. The molecule has 1 aliphatic rings. The van der Waals surface area contributed by atoms with Crippen molar-refractivity contribution in [3.05, 3.63) is 6.42 Å². The van der Waals surface area contributed by atoms with E-state index in [1.165, 1.54) is 0 Å². The zero-order chi connectivity index (χ0) is 6.85. The Kier molecular flexibility index (Phi) is 2.09. The van der Waals surface area contributed by atoms with Gasteiger partial charge in [0.25, 0.3) is 0 Å². The van der Waals surface area contributed by atoms with Crippen molar-refractivity contribution in [2.24, 2.45) is 11.8 Å². The summed E-state index contributed by atoms with van der Waals surface area (Å²) in [6.45, 7) is 1.98. The molecular weight excluding hydrogens is 116 g/mol. The Bertz CT molecular complexity index is 88.9. The topological polar surface area (TPSA) is 40.5 Å². The van der Waals surface area contributed by atoms with Crippen molar-refractivity contribution in [2.45, 2.75) is 19.4 Å². The van der Waals surface area contributed by atoms with E-state index in [1.54, 1.807) is 6.92 Å². The molecule has 0 heterocycles. The second-order valence-corrected chi connectivity index (χ2v) is 2.73. The standard InChI is InChI=1S/C7H13O2/c1-5(9)7-3-2-6(7)4-8/h3,5-9H,2,4H2,1H3. The number of hydrogen-bond acceptors (Lipinski definition) is 2. The molecule has 0 aliphatic heterocycles. The van der Waals surface area contributed by atoms with E-state index < -0.39 is 0 Å². The van der Waals surface area contributed by atoms with Gasteiger partial charge in [-0.1, -0.05) is 0 Å². The molecule has 1 rings (SSSR count). The van der Waals surface area contributed by atoms with Crippen LogP contribution in [0.3, 0.4) is 0 Å². The van der Waals surface area contributed by atoms with E-state index in [0.29, 0.717) is 5.92 Å². The first kappa shape index (κ1) is 7.03. The molecule has 0 aromatic carbocycles. The van der Waals surface area contributed by atoms with Gasteiger partial charge in [0.2, 0.25) is 0 Å². The fraction of sp³-hybridized carbons (Fsp3) is 0.857. The van der Waals surface area contributed by atoms with E-state index in [-0.39, 0.29) is 18.6 Å². The first-order chi connectivity index (χ1) is 4.25. The molecular formula is C7H13O2. The van der Waals surface area contributed by atoms with Crippen LogP contribution in [0.2, 0.25) is 0 Å². The number of aliphatic hydroxyl groups is 2. The molecule has 0 amide bonds. The van der Waals surface area contributed by atoms with Crippen molar-refractivity contribution < 1.29 is 10.2 Å². The van der Waals surface area contributed by atoms with Crippen LogP contribution in [0.25, 0.3) is 0 Å². The van der Waals surface area contributed by atoms with Gasteiger partial charge in [0.15, 0.2) is 0 Å². The van der Waals surface area contributed by atoms with E-state index in [0.717, 1.165) is 6.42 Å². The minimum atomic E-state index is -0.282. The van der Waals surface area contributed by atoms with Gasteiger partial charge < -0.3 is 10.2 Å². The van der Waals surface area contributed by atoms with Crippen LogP contribution >= 0.6 is 0 Å². The molecule has 3 unspecified atom stereocenters. The van der Waals surface area contributed by atoms with Crippen LogP contribution in [0.1, 0.15) is 13.3 Å². The highest BCUT2D eigenvalue weighted by Gasteiger charge is 2.33. The molecule has 1 fully saturated rings. The van der Waals surface area contributed by atoms with Crippen molar-refractivity contribution in [2.75, 3.05) is 6.61 Å². The van der Waals surface area contributed by atoms with Gasteiger partial charge in [-0.25, -0.2) is 0 Å². The van der Waals surface area contributed by atoms with E-state index in [1.807, 2.05) is 0 Å². The fourth-order valence-electron chi connectivity index (χ4n) is 1.27. The molecule has 2 N–H and O–H groups in total. The Morgan fingerprint density at radius 2 is 2.44 bits per heavy atom. The molecule has 1 saturated carbocycles. The van der Waals surface area contributed by atoms with Gasteiger partial charge in [-0.3, -0.25) is 0 Å². The predicted octanol–water partition coefficient (Wildman–Crippen LogP) is 0.200. The summed E-state index contributed by atoms with van der Waals surface area (Å²) < 4.78 is 0. The van der Waals surface area contributed by atoms with Gasteiger partial charge >= 0.3 is 0 Å². The van der Waals surface area contributed by atoms with Crippen LogP contribution in [-0.2, 0) is 0 Å². The smallest absolute Gasteiger partial charge is 0.0546 e. The third-order valence-corrected chi connectivity index (χ3v) is 2.05. The van der Waals surface area contributed by atoms with Gasteiger partial charge in [0, 0.05) is 6.61 Å². The SMILES string of the molecule is CC(O)C1[CH]CC1CO. The number of rotatable bonds is 2. The van der Waals surface area contributed by atoms with Crippen molar-refractivity contribution in [1.82, 2.24) is 0 Å².